The van der Waals surface area contributed by atoms with Crippen LogP contribution in [0.25, 0.3) is 0 Å². The Labute approximate surface area is 112 Å². The predicted molar refractivity (Wildman–Crippen MR) is 68.4 cm³/mol. The van der Waals surface area contributed by atoms with E-state index < -0.39 is 10.8 Å². The molecule has 10 heteroatoms. The summed E-state index contributed by atoms with van der Waals surface area (Å²) in [6.45, 7) is 0. The quantitative estimate of drug-likeness (QED) is 0.546. The number of nitrogens with two attached hydrogens (primary N) is 1. The number of aromatic amines is 1. The van der Waals surface area contributed by atoms with E-state index in [0.29, 0.717) is 0 Å². The zero-order valence-electron chi connectivity index (χ0n) is 10.3. The summed E-state index contributed by atoms with van der Waals surface area (Å²) in [5.74, 6) is -0.588. The molecule has 104 valence electrons. The Morgan fingerprint density at radius 2 is 2.30 bits per heavy atom. The van der Waals surface area contributed by atoms with Crippen molar-refractivity contribution in [3.8, 4) is 5.75 Å². The zero-order valence-corrected chi connectivity index (χ0v) is 10.3. The van der Waals surface area contributed by atoms with Gasteiger partial charge in [-0.15, -0.1) is 5.10 Å². The Kier molecular flexibility index (Phi) is 3.46. The van der Waals surface area contributed by atoms with E-state index in [0.717, 1.165) is 0 Å². The fraction of sp³-hybridized carbons (Fsp3) is 0.100. The maximum absolute atomic E-state index is 11.8. The highest BCUT2D eigenvalue weighted by atomic mass is 16.6. The van der Waals surface area contributed by atoms with E-state index in [1.165, 1.54) is 25.3 Å². The van der Waals surface area contributed by atoms with Gasteiger partial charge in [0.25, 0.3) is 11.6 Å². The second-order valence-electron chi connectivity index (χ2n) is 3.64. The SMILES string of the molecule is COc1cc([N+](=O)[O-])ccc1NC(=O)c1nc(N)n[nH]1. The van der Waals surface area contributed by atoms with E-state index in [1.54, 1.807) is 0 Å². The number of nitro benzene ring substituents is 1. The number of aromatic nitrogens is 3. The molecule has 1 aromatic heterocycles. The Balaban J connectivity index is 2.25. The Hall–Kier alpha value is -3.17. The third kappa shape index (κ3) is 2.63. The first kappa shape index (κ1) is 13.3. The van der Waals surface area contributed by atoms with Crippen molar-refractivity contribution in [2.45, 2.75) is 0 Å². The summed E-state index contributed by atoms with van der Waals surface area (Å²) < 4.78 is 4.99. The third-order valence-corrected chi connectivity index (χ3v) is 2.36. The molecule has 0 aliphatic carbocycles. The predicted octanol–water partition coefficient (Wildman–Crippen LogP) is 0.556. The normalized spacial score (nSPS) is 10.1. The van der Waals surface area contributed by atoms with Gasteiger partial charge in [-0.25, -0.2) is 0 Å². The maximum atomic E-state index is 11.8. The van der Waals surface area contributed by atoms with Crippen molar-refractivity contribution in [3.05, 3.63) is 34.1 Å². The second-order valence-corrected chi connectivity index (χ2v) is 3.64. The smallest absolute Gasteiger partial charge is 0.293 e. The number of hydrogen-bond donors (Lipinski definition) is 3. The molecule has 10 nitrogen and oxygen atoms in total. The molecule has 0 bridgehead atoms. The standard InChI is InChI=1S/C10H10N6O4/c1-20-7-4-5(16(18)19)2-3-6(7)12-9(17)8-13-10(11)15-14-8/h2-4H,1H3,(H,12,17)(H3,11,13,14,15). The van der Waals surface area contributed by atoms with Crippen LogP contribution in [0.2, 0.25) is 0 Å². The number of hydrogen-bond acceptors (Lipinski definition) is 7. The number of anilines is 2. The summed E-state index contributed by atoms with van der Waals surface area (Å²) in [4.78, 5) is 25.6. The number of nitrogens with zero attached hydrogens (tertiary/aromatic N) is 3. The first-order valence-electron chi connectivity index (χ1n) is 5.33. The molecule has 0 atom stereocenters. The molecule has 1 aromatic carbocycles. The van der Waals surface area contributed by atoms with Gasteiger partial charge in [0.05, 0.1) is 23.8 Å². The molecule has 4 N–H and O–H groups in total. The molecule has 0 aliphatic heterocycles. The second kappa shape index (κ2) is 5.22. The number of amides is 1. The fourth-order valence-electron chi connectivity index (χ4n) is 1.45. The molecule has 0 fully saturated rings. The number of non-ortho nitro benzene ring substituents is 1. The summed E-state index contributed by atoms with van der Waals surface area (Å²) in [7, 11) is 1.33. The van der Waals surface area contributed by atoms with Gasteiger partial charge in [0.1, 0.15) is 5.75 Å². The van der Waals surface area contributed by atoms with Crippen LogP contribution in [0.5, 0.6) is 5.75 Å². The summed E-state index contributed by atoms with van der Waals surface area (Å²) in [6.07, 6.45) is 0. The van der Waals surface area contributed by atoms with Crippen molar-refractivity contribution < 1.29 is 14.5 Å². The van der Waals surface area contributed by atoms with Crippen molar-refractivity contribution in [3.63, 3.8) is 0 Å². The lowest BCUT2D eigenvalue weighted by molar-refractivity contribution is -0.384. The van der Waals surface area contributed by atoms with E-state index in [9.17, 15) is 14.9 Å². The van der Waals surface area contributed by atoms with Crippen molar-refractivity contribution in [2.75, 3.05) is 18.2 Å². The van der Waals surface area contributed by atoms with Gasteiger partial charge in [0, 0.05) is 6.07 Å². The topological polar surface area (TPSA) is 149 Å². The number of nitro groups is 1. The minimum Gasteiger partial charge on any atom is -0.494 e. The molecule has 1 heterocycles. The van der Waals surface area contributed by atoms with Crippen LogP contribution in [0, 0.1) is 10.1 Å². The number of carbonyl (C=O) groups is 1. The number of methoxy groups -OCH3 is 1. The lowest BCUT2D eigenvalue weighted by Gasteiger charge is -2.08. The average Bonchev–Trinajstić information content (AvgIpc) is 2.85. The first-order valence-corrected chi connectivity index (χ1v) is 5.33. The molecule has 0 spiro atoms. The van der Waals surface area contributed by atoms with Gasteiger partial charge < -0.3 is 15.8 Å². The van der Waals surface area contributed by atoms with Gasteiger partial charge in [0.15, 0.2) is 0 Å². The van der Waals surface area contributed by atoms with Crippen LogP contribution >= 0.6 is 0 Å². The summed E-state index contributed by atoms with van der Waals surface area (Å²) in [6, 6.07) is 3.80. The van der Waals surface area contributed by atoms with Crippen LogP contribution in [0.15, 0.2) is 18.2 Å². The van der Waals surface area contributed by atoms with Gasteiger partial charge in [0.2, 0.25) is 11.8 Å². The summed E-state index contributed by atoms with van der Waals surface area (Å²) >= 11 is 0. The highest BCUT2D eigenvalue weighted by Crippen LogP contribution is 2.29. The Bertz CT molecular complexity index is 668. The van der Waals surface area contributed by atoms with Gasteiger partial charge in [-0.2, -0.15) is 4.98 Å². The molecule has 0 radical (unpaired) electrons. The van der Waals surface area contributed by atoms with E-state index in [2.05, 4.69) is 20.5 Å². The third-order valence-electron chi connectivity index (χ3n) is 2.36. The Morgan fingerprint density at radius 1 is 1.55 bits per heavy atom. The van der Waals surface area contributed by atoms with Gasteiger partial charge in [-0.1, -0.05) is 0 Å². The van der Waals surface area contributed by atoms with Crippen molar-refractivity contribution in [2.24, 2.45) is 0 Å². The van der Waals surface area contributed by atoms with E-state index in [-0.39, 0.29) is 28.9 Å². The minimum atomic E-state index is -0.596. The number of rotatable bonds is 4. The largest absolute Gasteiger partial charge is 0.494 e. The van der Waals surface area contributed by atoms with Crippen molar-refractivity contribution >= 4 is 23.2 Å². The molecule has 0 saturated heterocycles. The Morgan fingerprint density at radius 3 is 2.85 bits per heavy atom. The summed E-state index contributed by atoms with van der Waals surface area (Å²) in [5, 5.41) is 19.0. The highest BCUT2D eigenvalue weighted by Gasteiger charge is 2.16. The van der Waals surface area contributed by atoms with Crippen LogP contribution in [-0.2, 0) is 0 Å². The number of nitrogen functional groups attached to an aromatic ring is 1. The number of carbonyl (C=O) groups excluding carboxylic acids is 1. The lowest BCUT2D eigenvalue weighted by atomic mass is 10.2. The first-order chi connectivity index (χ1) is 9.51. The van der Waals surface area contributed by atoms with Crippen LogP contribution in [0.4, 0.5) is 17.3 Å². The molecule has 0 saturated carbocycles. The number of H-pyrrole nitrogens is 1. The summed E-state index contributed by atoms with van der Waals surface area (Å²) in [5.41, 5.74) is 5.40. The van der Waals surface area contributed by atoms with E-state index in [4.69, 9.17) is 10.5 Å². The lowest BCUT2D eigenvalue weighted by Crippen LogP contribution is -2.14. The number of ether oxygens (including phenoxy) is 1. The molecule has 2 rings (SSSR count). The molecule has 20 heavy (non-hydrogen) atoms. The number of nitrogens with one attached hydrogen (secondary N) is 2. The molecule has 0 aliphatic rings. The molecule has 2 aromatic rings. The van der Waals surface area contributed by atoms with Gasteiger partial charge in [-0.05, 0) is 6.07 Å². The van der Waals surface area contributed by atoms with Crippen LogP contribution < -0.4 is 15.8 Å². The van der Waals surface area contributed by atoms with Crippen molar-refractivity contribution in [1.82, 2.24) is 15.2 Å². The monoisotopic (exact) mass is 278 g/mol. The van der Waals surface area contributed by atoms with E-state index in [1.807, 2.05) is 0 Å². The average molecular weight is 278 g/mol. The van der Waals surface area contributed by atoms with E-state index >= 15 is 0 Å². The fourth-order valence-corrected chi connectivity index (χ4v) is 1.45. The van der Waals surface area contributed by atoms with Gasteiger partial charge in [-0.3, -0.25) is 20.0 Å². The molecule has 1 amide bonds. The molecule has 0 unspecified atom stereocenters. The molecular weight excluding hydrogens is 268 g/mol. The van der Waals surface area contributed by atoms with Gasteiger partial charge >= 0.3 is 0 Å². The zero-order chi connectivity index (χ0) is 14.7. The van der Waals surface area contributed by atoms with Crippen LogP contribution in [0.1, 0.15) is 10.6 Å². The number of benzene rings is 1. The van der Waals surface area contributed by atoms with Crippen molar-refractivity contribution in [1.29, 1.82) is 0 Å². The maximum Gasteiger partial charge on any atom is 0.293 e. The minimum absolute atomic E-state index is 0.0641. The van der Waals surface area contributed by atoms with Crippen LogP contribution in [-0.4, -0.2) is 33.1 Å². The molecular formula is C10H10N6O4. The van der Waals surface area contributed by atoms with Crippen LogP contribution in [0.3, 0.4) is 0 Å². The highest BCUT2D eigenvalue weighted by molar-refractivity contribution is 6.02.